The maximum Gasteiger partial charge on any atom is 0.284 e. The van der Waals surface area contributed by atoms with Gasteiger partial charge in [-0.3, -0.25) is 5.21 Å². The molecule has 1 rings (SSSR count). The molecule has 9 heteroatoms. The SMILES string of the molecule is CCN(O)S(=O)(=O)c1c(Br)nnn1C. The van der Waals surface area contributed by atoms with Crippen molar-refractivity contribution >= 4 is 26.0 Å². The van der Waals surface area contributed by atoms with Gasteiger partial charge in [0.05, 0.1) is 0 Å². The number of halogens is 1. The Kier molecular flexibility index (Phi) is 3.24. The summed E-state index contributed by atoms with van der Waals surface area (Å²) >= 11 is 2.94. The van der Waals surface area contributed by atoms with Crippen LogP contribution in [-0.2, 0) is 17.1 Å². The Labute approximate surface area is 89.5 Å². The van der Waals surface area contributed by atoms with Crippen LogP contribution < -0.4 is 0 Å². The third kappa shape index (κ3) is 1.80. The van der Waals surface area contributed by atoms with Crippen LogP contribution in [0.15, 0.2) is 9.63 Å². The summed E-state index contributed by atoms with van der Waals surface area (Å²) in [4.78, 5) is 0. The molecule has 14 heavy (non-hydrogen) atoms. The fourth-order valence-electron chi connectivity index (χ4n) is 0.866. The Morgan fingerprint density at radius 3 is 2.57 bits per heavy atom. The van der Waals surface area contributed by atoms with Gasteiger partial charge in [0.1, 0.15) is 0 Å². The molecule has 0 fully saturated rings. The predicted octanol–water partition coefficient (Wildman–Crippen LogP) is -0.0226. The van der Waals surface area contributed by atoms with Crippen LogP contribution in [0.5, 0.6) is 0 Å². The fraction of sp³-hybridized carbons (Fsp3) is 0.600. The maximum absolute atomic E-state index is 11.6. The summed E-state index contributed by atoms with van der Waals surface area (Å²) in [7, 11) is -2.50. The van der Waals surface area contributed by atoms with E-state index in [-0.39, 0.29) is 20.6 Å². The minimum Gasteiger partial charge on any atom is -0.299 e. The van der Waals surface area contributed by atoms with Gasteiger partial charge in [-0.15, -0.1) is 5.10 Å². The second-order valence-electron chi connectivity index (χ2n) is 2.45. The lowest BCUT2D eigenvalue weighted by Crippen LogP contribution is -2.29. The van der Waals surface area contributed by atoms with E-state index >= 15 is 0 Å². The Morgan fingerprint density at radius 2 is 2.21 bits per heavy atom. The smallest absolute Gasteiger partial charge is 0.284 e. The van der Waals surface area contributed by atoms with Crippen molar-refractivity contribution in [3.63, 3.8) is 0 Å². The molecule has 0 unspecified atom stereocenters. The molecule has 0 bridgehead atoms. The van der Waals surface area contributed by atoms with Crippen molar-refractivity contribution in [3.8, 4) is 0 Å². The molecule has 1 N–H and O–H groups in total. The molecule has 0 aromatic carbocycles. The Hall–Kier alpha value is -0.510. The van der Waals surface area contributed by atoms with Crippen LogP contribution in [0.4, 0.5) is 0 Å². The van der Waals surface area contributed by atoms with E-state index in [0.29, 0.717) is 0 Å². The largest absolute Gasteiger partial charge is 0.299 e. The molecule has 0 spiro atoms. The van der Waals surface area contributed by atoms with E-state index in [9.17, 15) is 8.42 Å². The summed E-state index contributed by atoms with van der Waals surface area (Å²) in [5.41, 5.74) is 0. The first-order valence-corrected chi connectivity index (χ1v) is 5.91. The highest BCUT2D eigenvalue weighted by molar-refractivity contribution is 9.10. The first kappa shape index (κ1) is 11.6. The van der Waals surface area contributed by atoms with Gasteiger partial charge < -0.3 is 0 Å². The minimum absolute atomic E-state index is 0.0417. The van der Waals surface area contributed by atoms with Crippen LogP contribution in [0.1, 0.15) is 6.92 Å². The molecule has 0 aliphatic rings. The lowest BCUT2D eigenvalue weighted by atomic mass is 10.8. The quantitative estimate of drug-likeness (QED) is 0.788. The number of nitrogens with zero attached hydrogens (tertiary/aromatic N) is 4. The molecule has 0 radical (unpaired) electrons. The van der Waals surface area contributed by atoms with Crippen LogP contribution in [0, 0.1) is 0 Å². The minimum atomic E-state index is -3.93. The highest BCUT2D eigenvalue weighted by atomic mass is 79.9. The number of aryl methyl sites for hydroxylation is 1. The predicted molar refractivity (Wildman–Crippen MR) is 50.1 cm³/mol. The summed E-state index contributed by atoms with van der Waals surface area (Å²) in [6.07, 6.45) is 0. The van der Waals surface area contributed by atoms with Crippen molar-refractivity contribution in [3.05, 3.63) is 4.60 Å². The normalized spacial score (nSPS) is 12.4. The summed E-state index contributed by atoms with van der Waals surface area (Å²) in [6.45, 7) is 1.47. The zero-order chi connectivity index (χ0) is 10.9. The number of aromatic nitrogens is 3. The van der Waals surface area contributed by atoms with Gasteiger partial charge in [0.2, 0.25) is 5.03 Å². The third-order valence-electron chi connectivity index (χ3n) is 1.53. The van der Waals surface area contributed by atoms with E-state index in [2.05, 4.69) is 26.2 Å². The van der Waals surface area contributed by atoms with Crippen LogP contribution in [-0.4, -0.2) is 39.6 Å². The van der Waals surface area contributed by atoms with E-state index < -0.39 is 10.0 Å². The second-order valence-corrected chi connectivity index (χ2v) is 4.96. The molecule has 1 aromatic heterocycles. The van der Waals surface area contributed by atoms with Gasteiger partial charge in [0.15, 0.2) is 4.60 Å². The molecule has 80 valence electrons. The number of rotatable bonds is 3. The molecule has 0 saturated heterocycles. The second kappa shape index (κ2) is 3.93. The molecule has 0 saturated carbocycles. The van der Waals surface area contributed by atoms with Crippen LogP contribution in [0.25, 0.3) is 0 Å². The Balaban J connectivity index is 3.30. The molecule has 0 aliphatic heterocycles. The van der Waals surface area contributed by atoms with Crippen molar-refractivity contribution in [2.75, 3.05) is 6.54 Å². The summed E-state index contributed by atoms with van der Waals surface area (Å²) < 4.78 is 24.6. The van der Waals surface area contributed by atoms with Crippen molar-refractivity contribution in [2.24, 2.45) is 7.05 Å². The lowest BCUT2D eigenvalue weighted by molar-refractivity contribution is 0.00795. The molecule has 1 heterocycles. The summed E-state index contributed by atoms with van der Waals surface area (Å²) in [6, 6.07) is 0. The third-order valence-corrected chi connectivity index (χ3v) is 4.09. The highest BCUT2D eigenvalue weighted by Crippen LogP contribution is 2.20. The van der Waals surface area contributed by atoms with Crippen LogP contribution in [0.2, 0.25) is 0 Å². The molecule has 1 aromatic rings. The molecule has 0 aliphatic carbocycles. The first-order valence-electron chi connectivity index (χ1n) is 3.68. The monoisotopic (exact) mass is 284 g/mol. The number of hydrogen-bond acceptors (Lipinski definition) is 5. The van der Waals surface area contributed by atoms with Gasteiger partial charge in [0.25, 0.3) is 10.0 Å². The van der Waals surface area contributed by atoms with E-state index in [0.717, 1.165) is 4.68 Å². The Bertz CT molecular complexity index is 409. The Morgan fingerprint density at radius 1 is 1.64 bits per heavy atom. The number of hydroxylamine groups is 1. The zero-order valence-corrected chi connectivity index (χ0v) is 9.95. The topological polar surface area (TPSA) is 88.3 Å². The summed E-state index contributed by atoms with van der Waals surface area (Å²) in [5, 5.41) is 16.0. The van der Waals surface area contributed by atoms with E-state index in [1.54, 1.807) is 0 Å². The van der Waals surface area contributed by atoms with Crippen molar-refractivity contribution < 1.29 is 13.6 Å². The van der Waals surface area contributed by atoms with Gasteiger partial charge in [-0.2, -0.15) is 0 Å². The molecule has 7 nitrogen and oxygen atoms in total. The van der Waals surface area contributed by atoms with E-state index in [1.165, 1.54) is 14.0 Å². The van der Waals surface area contributed by atoms with E-state index in [4.69, 9.17) is 5.21 Å². The molecule has 0 atom stereocenters. The molecule has 0 amide bonds. The van der Waals surface area contributed by atoms with Gasteiger partial charge >= 0.3 is 0 Å². The van der Waals surface area contributed by atoms with Crippen LogP contribution >= 0.6 is 15.9 Å². The number of sulfonamides is 1. The zero-order valence-electron chi connectivity index (χ0n) is 7.55. The average molecular weight is 285 g/mol. The average Bonchev–Trinajstić information content (AvgIpc) is 2.44. The first-order chi connectivity index (χ1) is 6.41. The molecular formula is C5H9BrN4O3S. The van der Waals surface area contributed by atoms with Crippen LogP contribution in [0.3, 0.4) is 0 Å². The summed E-state index contributed by atoms with van der Waals surface area (Å²) in [5.74, 6) is 0. The maximum atomic E-state index is 11.6. The van der Waals surface area contributed by atoms with Crippen molar-refractivity contribution in [1.29, 1.82) is 0 Å². The van der Waals surface area contributed by atoms with E-state index in [1.807, 2.05) is 0 Å². The van der Waals surface area contributed by atoms with Crippen molar-refractivity contribution in [1.82, 2.24) is 19.5 Å². The lowest BCUT2D eigenvalue weighted by Gasteiger charge is -2.12. The molecular weight excluding hydrogens is 276 g/mol. The van der Waals surface area contributed by atoms with Gasteiger partial charge in [-0.1, -0.05) is 9.68 Å². The van der Waals surface area contributed by atoms with Crippen molar-refractivity contribution in [2.45, 2.75) is 11.9 Å². The standard InChI is InChI=1S/C5H9BrN4O3S/c1-3-10(11)14(12,13)5-4(6)7-8-9(5)2/h11H,3H2,1-2H3. The van der Waals surface area contributed by atoms with Gasteiger partial charge in [-0.05, 0) is 22.9 Å². The van der Waals surface area contributed by atoms with Gasteiger partial charge in [0, 0.05) is 13.6 Å². The van der Waals surface area contributed by atoms with Gasteiger partial charge in [-0.25, -0.2) is 13.1 Å². The number of hydrogen-bond donors (Lipinski definition) is 1. The fourth-order valence-corrected chi connectivity index (χ4v) is 2.97. The highest BCUT2D eigenvalue weighted by Gasteiger charge is 2.28.